The molecule has 38 heavy (non-hydrogen) atoms. The molecular formula is C30H24N4S4. The monoisotopic (exact) mass is 568 g/mol. The van der Waals surface area contributed by atoms with E-state index in [1.807, 2.05) is 24.3 Å². The summed E-state index contributed by atoms with van der Waals surface area (Å²) in [5, 5.41) is 18.7. The van der Waals surface area contributed by atoms with Gasteiger partial charge in [0.1, 0.15) is 35.4 Å². The Bertz CT molecular complexity index is 1880. The quantitative estimate of drug-likeness (QED) is 0.225. The number of thiophene rings is 4. The molecule has 0 saturated heterocycles. The Morgan fingerprint density at radius 3 is 1.61 bits per heavy atom. The van der Waals surface area contributed by atoms with Gasteiger partial charge in [0.2, 0.25) is 0 Å². The molecule has 4 heterocycles. The molecule has 0 unspecified atom stereocenters. The van der Waals surface area contributed by atoms with Gasteiger partial charge < -0.3 is 0 Å². The first kappa shape index (κ1) is 27.5. The highest BCUT2D eigenvalue weighted by atomic mass is 32.1. The Balaban J connectivity index is 2.01. The third-order valence-corrected chi connectivity index (χ3v) is 11.1. The molecule has 0 amide bonds. The number of hydrogen-bond donors (Lipinski definition) is 0. The molecule has 4 nitrogen and oxygen atoms in total. The number of hydrogen-bond acceptors (Lipinski definition) is 6. The minimum Gasteiger partial charge on any atom is -0.192 e. The van der Waals surface area contributed by atoms with Gasteiger partial charge in [0.05, 0.1) is 4.53 Å². The van der Waals surface area contributed by atoms with Crippen molar-refractivity contribution >= 4 is 56.7 Å². The van der Waals surface area contributed by atoms with Crippen molar-refractivity contribution in [2.75, 3.05) is 0 Å². The highest BCUT2D eigenvalue weighted by molar-refractivity contribution is 7.14. The van der Waals surface area contributed by atoms with E-state index in [-0.39, 0.29) is 11.4 Å². The highest BCUT2D eigenvalue weighted by Gasteiger charge is 2.10. The zero-order valence-corrected chi connectivity index (χ0v) is 24.4. The second kappa shape index (κ2) is 12.8. The van der Waals surface area contributed by atoms with Crippen molar-refractivity contribution in [3.05, 3.63) is 107 Å². The first-order valence-corrected chi connectivity index (χ1v) is 15.6. The lowest BCUT2D eigenvalue weighted by molar-refractivity contribution is 0.795. The minimum atomic E-state index is 0.140. The first-order valence-electron chi connectivity index (χ1n) is 12.3. The van der Waals surface area contributed by atoms with Crippen molar-refractivity contribution < 1.29 is 0 Å². The van der Waals surface area contributed by atoms with Gasteiger partial charge in [-0.05, 0) is 73.2 Å². The van der Waals surface area contributed by atoms with E-state index in [0.29, 0.717) is 0 Å². The summed E-state index contributed by atoms with van der Waals surface area (Å²) < 4.78 is 8.48. The van der Waals surface area contributed by atoms with Crippen molar-refractivity contribution in [1.29, 1.82) is 10.5 Å². The summed E-state index contributed by atoms with van der Waals surface area (Å²) in [6.45, 7) is 19.1. The molecular weight excluding hydrogens is 545 g/mol. The van der Waals surface area contributed by atoms with Gasteiger partial charge in [-0.15, -0.1) is 45.3 Å². The van der Waals surface area contributed by atoms with Gasteiger partial charge in [-0.1, -0.05) is 26.7 Å². The van der Waals surface area contributed by atoms with Crippen LogP contribution in [0.5, 0.6) is 0 Å². The molecule has 0 spiro atoms. The summed E-state index contributed by atoms with van der Waals surface area (Å²) in [7, 11) is 0. The van der Waals surface area contributed by atoms with Crippen LogP contribution < -0.4 is 9.06 Å². The van der Waals surface area contributed by atoms with E-state index in [4.69, 9.17) is 13.1 Å². The summed E-state index contributed by atoms with van der Waals surface area (Å²) in [5.74, 6) is 0.140. The molecule has 4 aromatic rings. The van der Waals surface area contributed by atoms with Crippen LogP contribution in [0.25, 0.3) is 21.1 Å². The Labute approximate surface area is 237 Å². The second-order valence-corrected chi connectivity index (χ2v) is 12.9. The molecule has 0 atom stereocenters. The molecule has 0 radical (unpaired) electrons. The third kappa shape index (κ3) is 5.81. The van der Waals surface area contributed by atoms with Gasteiger partial charge >= 0.3 is 5.82 Å². The van der Waals surface area contributed by atoms with Crippen LogP contribution in [0.1, 0.15) is 50.7 Å². The van der Waals surface area contributed by atoms with E-state index in [2.05, 4.69) is 47.8 Å². The van der Waals surface area contributed by atoms with E-state index < -0.39 is 0 Å². The van der Waals surface area contributed by atoms with E-state index >= 15 is 0 Å². The zero-order chi connectivity index (χ0) is 27.1. The van der Waals surface area contributed by atoms with Crippen LogP contribution in [0.3, 0.4) is 0 Å². The summed E-state index contributed by atoms with van der Waals surface area (Å²) in [6, 6.07) is 16.7. The summed E-state index contributed by atoms with van der Waals surface area (Å²) >= 11 is 6.56. The maximum absolute atomic E-state index is 9.37. The van der Waals surface area contributed by atoms with E-state index in [9.17, 15) is 10.5 Å². The van der Waals surface area contributed by atoms with Crippen molar-refractivity contribution in [2.24, 2.45) is 0 Å². The molecule has 0 fully saturated rings. The zero-order valence-electron chi connectivity index (χ0n) is 21.1. The minimum absolute atomic E-state index is 0.140. The lowest BCUT2D eigenvalue weighted by Crippen LogP contribution is -1.95. The van der Waals surface area contributed by atoms with Crippen LogP contribution in [0, 0.1) is 63.0 Å². The smallest absolute Gasteiger partial charge is 0.192 e. The Kier molecular flexibility index (Phi) is 9.30. The number of rotatable bonds is 6. The average molecular weight is 569 g/mol. The predicted octanol–water partition coefficient (Wildman–Crippen LogP) is 7.58. The summed E-state index contributed by atoms with van der Waals surface area (Å²) in [4.78, 5) is 6.86. The fourth-order valence-electron chi connectivity index (χ4n) is 4.07. The van der Waals surface area contributed by atoms with Crippen LogP contribution in [0.4, 0.5) is 0 Å². The normalized spacial score (nSPS) is 13.2. The second-order valence-electron chi connectivity index (χ2n) is 8.61. The van der Waals surface area contributed by atoms with Gasteiger partial charge in [-0.25, -0.2) is 0 Å². The van der Waals surface area contributed by atoms with Crippen molar-refractivity contribution in [3.63, 3.8) is 0 Å². The van der Waals surface area contributed by atoms with Crippen molar-refractivity contribution in [2.45, 2.75) is 52.4 Å². The lowest BCUT2D eigenvalue weighted by atomic mass is 10.1. The maximum atomic E-state index is 9.37. The van der Waals surface area contributed by atoms with Crippen LogP contribution in [0.15, 0.2) is 36.4 Å². The molecule has 0 aromatic carbocycles. The Hall–Kier alpha value is -3.50. The maximum Gasteiger partial charge on any atom is 0.536 e. The van der Waals surface area contributed by atoms with Crippen molar-refractivity contribution in [3.8, 4) is 12.1 Å². The van der Waals surface area contributed by atoms with Crippen LogP contribution in [0.2, 0.25) is 0 Å². The van der Waals surface area contributed by atoms with Gasteiger partial charge in [-0.3, -0.25) is 0 Å². The van der Waals surface area contributed by atoms with Crippen LogP contribution in [-0.4, -0.2) is 0 Å². The lowest BCUT2D eigenvalue weighted by Gasteiger charge is -1.93. The highest BCUT2D eigenvalue weighted by Crippen LogP contribution is 2.21. The number of aryl methyl sites for hydroxylation is 2. The standard InChI is InChI=1S/C30H24N4S4/c1-5-7-9-19-15-26(21(17-31)18-32)37-28(19)24-13-11-22(35-24)23-12-14-25(36-23)29-20(10-8-6-2)16-27(38-29)30(33-3)34-4/h11-16H,5-10H2,1-2H3/b23-22+,28-24+,29-25+. The Morgan fingerprint density at radius 2 is 1.16 bits per heavy atom. The average Bonchev–Trinajstić information content (AvgIpc) is 3.73. The molecule has 0 N–H and O–H groups in total. The molecule has 0 bridgehead atoms. The van der Waals surface area contributed by atoms with Crippen molar-refractivity contribution in [1.82, 2.24) is 0 Å². The molecule has 8 heteroatoms. The van der Waals surface area contributed by atoms with Gasteiger partial charge in [-0.2, -0.15) is 20.2 Å². The molecule has 0 saturated carbocycles. The van der Waals surface area contributed by atoms with Gasteiger partial charge in [0.15, 0.2) is 0 Å². The predicted molar refractivity (Wildman–Crippen MR) is 158 cm³/mol. The largest absolute Gasteiger partial charge is 0.536 e. The van der Waals surface area contributed by atoms with E-state index in [1.54, 1.807) is 34.0 Å². The number of nitrogens with zero attached hydrogens (tertiary/aromatic N) is 4. The van der Waals surface area contributed by atoms with Crippen LogP contribution in [-0.2, 0) is 12.8 Å². The van der Waals surface area contributed by atoms with Gasteiger partial charge in [0.25, 0.3) is 0 Å². The molecule has 0 aliphatic heterocycles. The topological polar surface area (TPSA) is 56.3 Å². The SMILES string of the molecule is [C-]#[N+]C([N+]#[C-])=c1cc(CCCC)/c(=c2/cc/c(=c3/cc/c(=c4\sc(=C(C#N)C#N)cc4CCCC)s3)s2)s1. The first-order chi connectivity index (χ1) is 18.6. The molecule has 0 aliphatic rings. The van der Waals surface area contributed by atoms with Gasteiger partial charge in [0, 0.05) is 27.2 Å². The fraction of sp³-hybridized carbons (Fsp3) is 0.267. The Morgan fingerprint density at radius 1 is 0.711 bits per heavy atom. The molecule has 4 rings (SSSR count). The molecule has 4 aromatic heterocycles. The number of unbranched alkanes of at least 4 members (excludes halogenated alkanes) is 2. The summed E-state index contributed by atoms with van der Waals surface area (Å²) in [5.41, 5.74) is 2.59. The number of nitriles is 2. The summed E-state index contributed by atoms with van der Waals surface area (Å²) in [6.07, 6.45) is 6.18. The molecule has 0 aliphatic carbocycles. The van der Waals surface area contributed by atoms with Crippen LogP contribution >= 0.6 is 45.3 Å². The van der Waals surface area contributed by atoms with E-state index in [0.717, 1.165) is 65.7 Å². The third-order valence-electron chi connectivity index (χ3n) is 6.02. The molecule has 188 valence electrons. The fourth-order valence-corrected chi connectivity index (χ4v) is 8.76. The van der Waals surface area contributed by atoms with E-state index in [1.165, 1.54) is 31.5 Å².